The summed E-state index contributed by atoms with van der Waals surface area (Å²) in [5, 5.41) is 15.7. The van der Waals surface area contributed by atoms with Crippen molar-refractivity contribution in [3.8, 4) is 23.0 Å². The Labute approximate surface area is 414 Å². The summed E-state index contributed by atoms with van der Waals surface area (Å²) in [5.74, 6) is 0.124. The molecule has 7 rings (SSSR count). The Morgan fingerprint density at radius 2 is 1.11 bits per heavy atom. The van der Waals surface area contributed by atoms with E-state index in [-0.39, 0.29) is 17.4 Å². The zero-order valence-electron chi connectivity index (χ0n) is 41.1. The van der Waals surface area contributed by atoms with Gasteiger partial charge in [-0.25, -0.2) is 14.4 Å². The van der Waals surface area contributed by atoms with Crippen LogP contribution >= 0.6 is 0 Å². The van der Waals surface area contributed by atoms with E-state index in [9.17, 15) is 19.2 Å². The third-order valence-electron chi connectivity index (χ3n) is 12.5. The highest BCUT2D eigenvalue weighted by molar-refractivity contribution is 6.01. The van der Waals surface area contributed by atoms with Crippen LogP contribution in [0.5, 0.6) is 23.0 Å². The SMILES string of the molecule is C=C(C)C(=O)OCCCCCCOc1ccc(C(=O)Oc2ccc(CNc3ccc(/N=N/c4ccc(C(=O)Oc5cccc6c(OC(=O)C(C)(C)C(C)(C)C)cccc56)cc4)c4ccccc34)cc2)cc1. The second-order valence-corrected chi connectivity index (χ2v) is 18.8. The van der Waals surface area contributed by atoms with Crippen molar-refractivity contribution in [1.29, 1.82) is 0 Å². The smallest absolute Gasteiger partial charge is 0.343 e. The number of esters is 4. The van der Waals surface area contributed by atoms with E-state index in [0.29, 0.717) is 81.6 Å². The lowest BCUT2D eigenvalue weighted by atomic mass is 9.69. The predicted molar refractivity (Wildman–Crippen MR) is 277 cm³/mol. The first kappa shape index (κ1) is 50.7. The van der Waals surface area contributed by atoms with Gasteiger partial charge in [0.15, 0.2) is 0 Å². The Bertz CT molecular complexity index is 3060. The van der Waals surface area contributed by atoms with Crippen molar-refractivity contribution in [2.75, 3.05) is 18.5 Å². The highest BCUT2D eigenvalue weighted by Gasteiger charge is 2.41. The van der Waals surface area contributed by atoms with Crippen LogP contribution in [-0.4, -0.2) is 37.1 Å². The average molecular weight is 954 g/mol. The summed E-state index contributed by atoms with van der Waals surface area (Å²) in [6, 6.07) is 43.4. The molecule has 0 radical (unpaired) electrons. The minimum absolute atomic E-state index is 0.323. The minimum Gasteiger partial charge on any atom is -0.494 e. The van der Waals surface area contributed by atoms with Crippen molar-refractivity contribution in [2.24, 2.45) is 21.1 Å². The number of hydrogen-bond donors (Lipinski definition) is 1. The number of rotatable bonds is 20. The zero-order chi connectivity index (χ0) is 50.5. The molecule has 7 aromatic carbocycles. The largest absolute Gasteiger partial charge is 0.494 e. The zero-order valence-corrected chi connectivity index (χ0v) is 41.1. The van der Waals surface area contributed by atoms with E-state index in [1.165, 1.54) is 0 Å². The molecule has 1 N–H and O–H groups in total. The number of anilines is 1. The molecule has 0 aromatic heterocycles. The van der Waals surface area contributed by atoms with Crippen molar-refractivity contribution in [2.45, 2.75) is 73.8 Å². The molecule has 71 heavy (non-hydrogen) atoms. The Hall–Kier alpha value is -8.12. The number of benzene rings is 7. The molecule has 0 heterocycles. The van der Waals surface area contributed by atoms with Crippen molar-refractivity contribution in [1.82, 2.24) is 0 Å². The molecular weight excluding hydrogens is 895 g/mol. The number of ether oxygens (including phenoxy) is 5. The van der Waals surface area contributed by atoms with Crippen LogP contribution in [0.4, 0.5) is 17.1 Å². The minimum atomic E-state index is -0.744. The third kappa shape index (κ3) is 13.2. The van der Waals surface area contributed by atoms with E-state index in [1.54, 1.807) is 91.9 Å². The van der Waals surface area contributed by atoms with E-state index in [2.05, 4.69) is 22.1 Å². The highest BCUT2D eigenvalue weighted by Crippen LogP contribution is 2.41. The first-order chi connectivity index (χ1) is 34.1. The maximum atomic E-state index is 13.4. The van der Waals surface area contributed by atoms with Crippen LogP contribution in [0.15, 0.2) is 168 Å². The van der Waals surface area contributed by atoms with Crippen molar-refractivity contribution < 1.29 is 42.9 Å². The molecule has 0 aliphatic rings. The third-order valence-corrected chi connectivity index (χ3v) is 12.5. The molecule has 0 saturated carbocycles. The molecule has 0 unspecified atom stereocenters. The molecule has 12 heteroatoms. The average Bonchev–Trinajstić information content (AvgIpc) is 3.36. The van der Waals surface area contributed by atoms with Crippen molar-refractivity contribution in [3.63, 3.8) is 0 Å². The fourth-order valence-electron chi connectivity index (χ4n) is 7.18. The molecule has 7 aromatic rings. The summed E-state index contributed by atoms with van der Waals surface area (Å²) in [5.41, 5.74) is 3.21. The molecule has 0 bridgehead atoms. The van der Waals surface area contributed by atoms with Gasteiger partial charge >= 0.3 is 23.9 Å². The van der Waals surface area contributed by atoms with Crippen molar-refractivity contribution >= 4 is 62.5 Å². The van der Waals surface area contributed by atoms with Crippen LogP contribution in [-0.2, 0) is 20.9 Å². The monoisotopic (exact) mass is 953 g/mol. The summed E-state index contributed by atoms with van der Waals surface area (Å²) in [6.07, 6.45) is 3.53. The highest BCUT2D eigenvalue weighted by atomic mass is 16.5. The fraction of sp³-hybridized carbons (Fsp3) is 0.254. The molecule has 0 spiro atoms. The number of fused-ring (bicyclic) bond motifs is 2. The van der Waals surface area contributed by atoms with Crippen LogP contribution in [0.2, 0.25) is 0 Å². The Balaban J connectivity index is 0.892. The molecule has 0 aliphatic carbocycles. The van der Waals surface area contributed by atoms with Gasteiger partial charge in [-0.15, -0.1) is 5.11 Å². The number of azo groups is 1. The molecular formula is C59H59N3O9. The predicted octanol–water partition coefficient (Wildman–Crippen LogP) is 14.5. The lowest BCUT2D eigenvalue weighted by Gasteiger charge is -2.36. The normalized spacial score (nSPS) is 11.6. The van der Waals surface area contributed by atoms with Crippen LogP contribution in [0.25, 0.3) is 21.5 Å². The van der Waals surface area contributed by atoms with Gasteiger partial charge in [-0.3, -0.25) is 4.79 Å². The van der Waals surface area contributed by atoms with E-state index in [4.69, 9.17) is 23.7 Å². The lowest BCUT2D eigenvalue weighted by Crippen LogP contribution is -2.40. The summed E-state index contributed by atoms with van der Waals surface area (Å²) >= 11 is 0. The van der Waals surface area contributed by atoms with Gasteiger partial charge in [0.05, 0.1) is 41.1 Å². The molecule has 0 saturated heterocycles. The maximum Gasteiger partial charge on any atom is 0.343 e. The quantitative estimate of drug-likeness (QED) is 0.0257. The lowest BCUT2D eigenvalue weighted by molar-refractivity contribution is -0.150. The number of hydrogen-bond acceptors (Lipinski definition) is 12. The second kappa shape index (κ2) is 23.0. The number of carbonyl (C=O) groups is 4. The van der Waals surface area contributed by atoms with Gasteiger partial charge in [0.25, 0.3) is 0 Å². The number of carbonyl (C=O) groups excluding carboxylic acids is 4. The number of nitrogens with one attached hydrogen (secondary N) is 1. The molecule has 12 nitrogen and oxygen atoms in total. The van der Waals surface area contributed by atoms with Gasteiger partial charge in [-0.1, -0.05) is 88.0 Å². The van der Waals surface area contributed by atoms with Gasteiger partial charge in [0.2, 0.25) is 0 Å². The number of nitrogens with zero attached hydrogens (tertiary/aromatic N) is 2. The van der Waals surface area contributed by atoms with Crippen LogP contribution in [0, 0.1) is 10.8 Å². The molecule has 0 aliphatic heterocycles. The van der Waals surface area contributed by atoms with Gasteiger partial charge in [0, 0.05) is 39.4 Å². The topological polar surface area (TPSA) is 151 Å². The molecule has 364 valence electrons. The van der Waals surface area contributed by atoms with Crippen LogP contribution in [0.1, 0.15) is 93.5 Å². The Morgan fingerprint density at radius 3 is 1.75 bits per heavy atom. The summed E-state index contributed by atoms with van der Waals surface area (Å²) in [6.45, 7) is 16.4. The van der Waals surface area contributed by atoms with Gasteiger partial charge < -0.3 is 29.0 Å². The Morgan fingerprint density at radius 1 is 0.549 bits per heavy atom. The summed E-state index contributed by atoms with van der Waals surface area (Å²) < 4.78 is 28.4. The Kier molecular flexibility index (Phi) is 16.4. The first-order valence-corrected chi connectivity index (χ1v) is 23.7. The van der Waals surface area contributed by atoms with Crippen molar-refractivity contribution in [3.05, 3.63) is 174 Å². The van der Waals surface area contributed by atoms with E-state index in [0.717, 1.165) is 47.7 Å². The van der Waals surface area contributed by atoms with Gasteiger partial charge in [0.1, 0.15) is 23.0 Å². The number of unbranched alkanes of at least 4 members (excludes halogenated alkanes) is 3. The van der Waals surface area contributed by atoms with E-state index >= 15 is 0 Å². The summed E-state index contributed by atoms with van der Waals surface area (Å²) in [7, 11) is 0. The molecule has 0 amide bonds. The fourth-order valence-corrected chi connectivity index (χ4v) is 7.18. The van der Waals surface area contributed by atoms with Crippen LogP contribution in [0.3, 0.4) is 0 Å². The van der Waals surface area contributed by atoms with Gasteiger partial charge in [-0.2, -0.15) is 5.11 Å². The first-order valence-electron chi connectivity index (χ1n) is 23.7. The molecule has 0 atom stereocenters. The summed E-state index contributed by atoms with van der Waals surface area (Å²) in [4.78, 5) is 50.9. The van der Waals surface area contributed by atoms with Gasteiger partial charge in [-0.05, 0) is 142 Å². The maximum absolute atomic E-state index is 13.4. The second-order valence-electron chi connectivity index (χ2n) is 18.8. The molecule has 0 fully saturated rings. The van der Waals surface area contributed by atoms with E-state index < -0.39 is 17.4 Å². The standard InChI is InChI=1S/C59H59N3O9/c1-39(2)54(63)68-37-13-9-8-12-36-67-44-32-26-42(27-33-44)55(64)69-45-30-22-40(23-31-45)38-60-50-34-35-51(47-17-11-10-16-46(47)50)62-61-43-28-24-41(25-29-43)56(65)70-52-20-14-19-49-48(52)18-15-21-53(49)71-57(66)59(6,7)58(3,4)5/h10-11,14-35,60H,1,8-9,12-13,36-38H2,2-7H3/b62-61+. The van der Waals surface area contributed by atoms with Crippen LogP contribution < -0.4 is 24.3 Å². The van der Waals surface area contributed by atoms with E-state index in [1.807, 2.05) is 95.3 Å².